The fourth-order valence-corrected chi connectivity index (χ4v) is 4.50. The van der Waals surface area contributed by atoms with E-state index in [0.717, 1.165) is 17.7 Å². The Labute approximate surface area is 238 Å². The highest BCUT2D eigenvalue weighted by Crippen LogP contribution is 2.34. The van der Waals surface area contributed by atoms with Crippen LogP contribution in [-0.2, 0) is 12.7 Å². The van der Waals surface area contributed by atoms with Crippen LogP contribution in [0, 0.1) is 11.5 Å². The van der Waals surface area contributed by atoms with Crippen LogP contribution < -0.4 is 14.8 Å². The van der Waals surface area contributed by atoms with E-state index in [-0.39, 0.29) is 19.0 Å². The molecule has 0 aliphatic carbocycles. The van der Waals surface area contributed by atoms with Gasteiger partial charge in [0.2, 0.25) is 6.19 Å². The van der Waals surface area contributed by atoms with Crippen molar-refractivity contribution in [3.63, 3.8) is 0 Å². The monoisotopic (exact) mass is 579 g/mol. The lowest BCUT2D eigenvalue weighted by Gasteiger charge is -2.17. The summed E-state index contributed by atoms with van der Waals surface area (Å²) in [6, 6.07) is 18.4. The molecule has 8 nitrogen and oxygen atoms in total. The van der Waals surface area contributed by atoms with E-state index >= 15 is 0 Å². The molecule has 1 aliphatic heterocycles. The number of nitriles is 1. The predicted molar refractivity (Wildman–Crippen MR) is 145 cm³/mol. The second-order valence-electron chi connectivity index (χ2n) is 9.02. The second kappa shape index (κ2) is 11.7. The molecule has 0 unspecified atom stereocenters. The first-order valence-corrected chi connectivity index (χ1v) is 12.8. The van der Waals surface area contributed by atoms with Crippen LogP contribution >= 0.6 is 11.6 Å². The number of hydrogen-bond donors (Lipinski definition) is 1. The lowest BCUT2D eigenvalue weighted by Crippen LogP contribution is -2.38. The highest BCUT2D eigenvalue weighted by molar-refractivity contribution is 6.30. The number of alkyl halides is 3. The maximum Gasteiger partial charge on any atom is 0.416 e. The molecule has 1 atom stereocenters. The Morgan fingerprint density at radius 1 is 1.05 bits per heavy atom. The van der Waals surface area contributed by atoms with Gasteiger partial charge in [0.05, 0.1) is 32.0 Å². The van der Waals surface area contributed by atoms with E-state index in [4.69, 9.17) is 21.1 Å². The van der Waals surface area contributed by atoms with Crippen molar-refractivity contribution in [2.24, 2.45) is 0 Å². The lowest BCUT2D eigenvalue weighted by molar-refractivity contribution is -0.487. The summed E-state index contributed by atoms with van der Waals surface area (Å²) in [5, 5.41) is 13.8. The van der Waals surface area contributed by atoms with E-state index in [1.54, 1.807) is 54.1 Å². The summed E-state index contributed by atoms with van der Waals surface area (Å²) < 4.78 is 53.2. The van der Waals surface area contributed by atoms with Gasteiger partial charge in [0.15, 0.2) is 0 Å². The summed E-state index contributed by atoms with van der Waals surface area (Å²) in [6.45, 7) is 0.419. The minimum atomic E-state index is -4.51. The predicted octanol–water partition coefficient (Wildman–Crippen LogP) is 6.28. The SMILES string of the molecule is COc1ccc(CN(C#N)C2=[N+](c3cnc(Oc4ccc(Cl)cc4)cn3)[C@@H](c3cccc(C(F)(F)F)c3)CN2)cc1. The van der Waals surface area contributed by atoms with Gasteiger partial charge in [-0.05, 0) is 59.7 Å². The first-order valence-electron chi connectivity index (χ1n) is 12.4. The highest BCUT2D eigenvalue weighted by atomic mass is 35.5. The quantitative estimate of drug-likeness (QED) is 0.157. The lowest BCUT2D eigenvalue weighted by atomic mass is 10.0. The Kier molecular flexibility index (Phi) is 7.94. The number of hydrogen-bond acceptors (Lipinski definition) is 7. The van der Waals surface area contributed by atoms with E-state index in [1.807, 2.05) is 12.1 Å². The highest BCUT2D eigenvalue weighted by Gasteiger charge is 2.38. The maximum absolute atomic E-state index is 13.5. The Hall–Kier alpha value is -4.82. The average Bonchev–Trinajstić information content (AvgIpc) is 3.42. The minimum absolute atomic E-state index is 0.194. The fourth-order valence-electron chi connectivity index (χ4n) is 4.38. The van der Waals surface area contributed by atoms with E-state index in [2.05, 4.69) is 21.5 Å². The molecule has 12 heteroatoms. The summed E-state index contributed by atoms with van der Waals surface area (Å²) in [5.74, 6) is 2.04. The molecule has 0 amide bonds. The molecule has 5 rings (SSSR count). The second-order valence-corrected chi connectivity index (χ2v) is 9.45. The van der Waals surface area contributed by atoms with Crippen LogP contribution in [0.4, 0.5) is 19.0 Å². The van der Waals surface area contributed by atoms with Gasteiger partial charge in [-0.2, -0.15) is 23.3 Å². The number of methoxy groups -OCH3 is 1. The number of nitrogens with one attached hydrogen (secondary N) is 1. The van der Waals surface area contributed by atoms with Crippen molar-refractivity contribution in [2.45, 2.75) is 18.8 Å². The number of halogens is 4. The number of rotatable bonds is 7. The molecule has 1 aliphatic rings. The molecular weight excluding hydrogens is 557 g/mol. The maximum atomic E-state index is 13.5. The summed E-state index contributed by atoms with van der Waals surface area (Å²) in [5.41, 5.74) is 0.450. The van der Waals surface area contributed by atoms with Gasteiger partial charge >= 0.3 is 12.1 Å². The van der Waals surface area contributed by atoms with E-state index in [1.165, 1.54) is 23.4 Å². The Morgan fingerprint density at radius 2 is 1.78 bits per heavy atom. The first kappa shape index (κ1) is 27.7. The van der Waals surface area contributed by atoms with Gasteiger partial charge in [-0.15, -0.1) is 4.98 Å². The van der Waals surface area contributed by atoms with E-state index in [9.17, 15) is 18.4 Å². The number of benzene rings is 3. The van der Waals surface area contributed by atoms with Gasteiger partial charge in [0, 0.05) is 5.02 Å². The van der Waals surface area contributed by atoms with Gasteiger partial charge in [-0.1, -0.05) is 35.9 Å². The van der Waals surface area contributed by atoms with Gasteiger partial charge in [0.1, 0.15) is 23.7 Å². The first-order chi connectivity index (χ1) is 19.7. The van der Waals surface area contributed by atoms with Crippen molar-refractivity contribution < 1.29 is 27.2 Å². The van der Waals surface area contributed by atoms with Crippen molar-refractivity contribution in [2.75, 3.05) is 13.7 Å². The van der Waals surface area contributed by atoms with E-state index < -0.39 is 17.8 Å². The van der Waals surface area contributed by atoms with Crippen molar-refractivity contribution in [3.05, 3.63) is 107 Å². The summed E-state index contributed by atoms with van der Waals surface area (Å²) in [6.07, 6.45) is 0.520. The van der Waals surface area contributed by atoms with Gasteiger partial charge in [0.25, 0.3) is 11.7 Å². The van der Waals surface area contributed by atoms with Crippen molar-refractivity contribution in [1.29, 1.82) is 5.26 Å². The Bertz CT molecular complexity index is 1590. The standard InChI is InChI=1S/C29H22ClF3N6O2/c1-40-23-9-5-19(6-10-23)17-38(18-34)28-37-14-25(20-3-2-4-21(13-20)29(31,32)33)39(28)26-15-36-27(16-35-26)41-24-11-7-22(30)8-12-24/h2-13,15-16,25H,14,17H2,1H3/p+1/t25-/m1/s1. The molecule has 0 fully saturated rings. The molecule has 0 bridgehead atoms. The third-order valence-electron chi connectivity index (χ3n) is 6.37. The van der Waals surface area contributed by atoms with Gasteiger partial charge in [-0.25, -0.2) is 9.56 Å². The zero-order valence-corrected chi connectivity index (χ0v) is 22.4. The van der Waals surface area contributed by atoms with Crippen molar-refractivity contribution in [3.8, 4) is 23.6 Å². The summed E-state index contributed by atoms with van der Waals surface area (Å²) in [7, 11) is 1.56. The number of guanidine groups is 1. The van der Waals surface area contributed by atoms with Crippen LogP contribution in [0.25, 0.3) is 0 Å². The largest absolute Gasteiger partial charge is 0.497 e. The number of nitrogens with zero attached hydrogens (tertiary/aromatic N) is 5. The zero-order valence-electron chi connectivity index (χ0n) is 21.6. The minimum Gasteiger partial charge on any atom is -0.497 e. The molecule has 4 aromatic rings. The van der Waals surface area contributed by atoms with Crippen LogP contribution in [0.15, 0.2) is 85.2 Å². The molecule has 1 N–H and O–H groups in total. The molecule has 0 radical (unpaired) electrons. The molecule has 1 aromatic heterocycles. The van der Waals surface area contributed by atoms with Crippen LogP contribution in [0.1, 0.15) is 22.7 Å². The molecular formula is C29H23ClF3N6O2+. The zero-order chi connectivity index (χ0) is 29.0. The number of aromatic nitrogens is 2. The average molecular weight is 580 g/mol. The molecule has 2 heterocycles. The summed E-state index contributed by atoms with van der Waals surface area (Å²) in [4.78, 5) is 10.3. The smallest absolute Gasteiger partial charge is 0.416 e. The molecule has 0 saturated carbocycles. The van der Waals surface area contributed by atoms with Crippen molar-refractivity contribution >= 4 is 23.4 Å². The molecule has 3 aromatic carbocycles. The third-order valence-corrected chi connectivity index (χ3v) is 6.62. The topological polar surface area (TPSA) is 86.3 Å². The molecule has 208 valence electrons. The van der Waals surface area contributed by atoms with E-state index in [0.29, 0.717) is 33.9 Å². The van der Waals surface area contributed by atoms with Crippen LogP contribution in [0.3, 0.4) is 0 Å². The molecule has 0 spiro atoms. The number of ether oxygens (including phenoxy) is 2. The Morgan fingerprint density at radius 3 is 2.41 bits per heavy atom. The van der Waals surface area contributed by atoms with Crippen LogP contribution in [-0.4, -0.2) is 39.1 Å². The van der Waals surface area contributed by atoms with Crippen LogP contribution in [0.2, 0.25) is 5.02 Å². The fraction of sp³-hybridized carbons (Fsp3) is 0.172. The van der Waals surface area contributed by atoms with Gasteiger partial charge < -0.3 is 9.47 Å². The Balaban J connectivity index is 1.52. The van der Waals surface area contributed by atoms with Gasteiger partial charge in [-0.3, -0.25) is 5.32 Å². The normalized spacial score (nSPS) is 14.8. The van der Waals surface area contributed by atoms with Crippen molar-refractivity contribution in [1.82, 2.24) is 20.2 Å². The summed E-state index contributed by atoms with van der Waals surface area (Å²) >= 11 is 5.93. The third kappa shape index (κ3) is 6.34. The molecule has 0 saturated heterocycles. The molecule has 41 heavy (non-hydrogen) atoms. The van der Waals surface area contributed by atoms with Crippen LogP contribution in [0.5, 0.6) is 17.4 Å².